The molecule has 0 atom stereocenters. The van der Waals surface area contributed by atoms with E-state index in [1.165, 1.54) is 19.1 Å². The smallest absolute Gasteiger partial charge is 0.146 e. The van der Waals surface area contributed by atoms with Crippen LogP contribution in [0.15, 0.2) is 36.4 Å². The monoisotopic (exact) mass is 287 g/mol. The highest BCUT2D eigenvalue weighted by Gasteiger charge is 2.10. The molecule has 0 radical (unpaired) electrons. The molecule has 0 aliphatic heterocycles. The fourth-order valence-electron chi connectivity index (χ4n) is 2.31. The van der Waals surface area contributed by atoms with Crippen molar-refractivity contribution in [3.63, 3.8) is 0 Å². The van der Waals surface area contributed by atoms with E-state index >= 15 is 0 Å². The first-order valence-electron chi connectivity index (χ1n) is 6.66. The number of benzene rings is 2. The van der Waals surface area contributed by atoms with Crippen molar-refractivity contribution in [2.75, 3.05) is 5.32 Å². The Morgan fingerprint density at radius 2 is 1.90 bits per heavy atom. The van der Waals surface area contributed by atoms with Crippen LogP contribution < -0.4 is 5.32 Å². The normalized spacial score (nSPS) is 11.0. The number of anilines is 1. The lowest BCUT2D eigenvalue weighted by atomic mass is 10.2. The van der Waals surface area contributed by atoms with Gasteiger partial charge in [0.2, 0.25) is 0 Å². The fraction of sp³-hybridized carbons (Fsp3) is 0.188. The number of para-hydroxylation sites is 2. The lowest BCUT2D eigenvalue weighted by Gasteiger charge is -2.09. The first-order valence-corrected chi connectivity index (χ1v) is 6.66. The zero-order valence-corrected chi connectivity index (χ0v) is 11.8. The summed E-state index contributed by atoms with van der Waals surface area (Å²) in [7, 11) is 1.90. The van der Waals surface area contributed by atoms with Crippen LogP contribution in [-0.4, -0.2) is 9.55 Å². The molecule has 0 spiro atoms. The van der Waals surface area contributed by atoms with Crippen LogP contribution in [-0.2, 0) is 13.6 Å². The number of nitrogens with one attached hydrogen (secondary N) is 1. The minimum atomic E-state index is -0.465. The highest BCUT2D eigenvalue weighted by atomic mass is 19.1. The number of aryl methyl sites for hydroxylation is 2. The number of aromatic nitrogens is 2. The third-order valence-corrected chi connectivity index (χ3v) is 3.57. The first-order chi connectivity index (χ1) is 10.1. The fourth-order valence-corrected chi connectivity index (χ4v) is 2.31. The molecule has 0 saturated heterocycles. The number of halogens is 2. The Bertz CT molecular complexity index is 809. The average molecular weight is 287 g/mol. The van der Waals surface area contributed by atoms with E-state index in [-0.39, 0.29) is 5.69 Å². The van der Waals surface area contributed by atoms with Gasteiger partial charge < -0.3 is 9.88 Å². The summed E-state index contributed by atoms with van der Waals surface area (Å²) in [4.78, 5) is 4.48. The Labute approximate surface area is 121 Å². The first kappa shape index (κ1) is 13.5. The molecule has 2 aromatic carbocycles. The number of hydrogen-bond acceptors (Lipinski definition) is 2. The van der Waals surface area contributed by atoms with Crippen LogP contribution in [0.25, 0.3) is 11.0 Å². The largest absolute Gasteiger partial charge is 0.375 e. The molecule has 3 rings (SSSR count). The number of imidazole rings is 1. The van der Waals surface area contributed by atoms with Crippen LogP contribution in [0.4, 0.5) is 14.5 Å². The molecule has 5 heteroatoms. The molecule has 3 nitrogen and oxygen atoms in total. The van der Waals surface area contributed by atoms with Gasteiger partial charge in [0.05, 0.1) is 23.3 Å². The van der Waals surface area contributed by atoms with Crippen molar-refractivity contribution < 1.29 is 8.78 Å². The molecule has 1 heterocycles. The summed E-state index contributed by atoms with van der Waals surface area (Å²) >= 11 is 0. The van der Waals surface area contributed by atoms with E-state index in [9.17, 15) is 8.78 Å². The molecule has 1 aromatic heterocycles. The average Bonchev–Trinajstić information content (AvgIpc) is 2.79. The molecule has 0 aliphatic rings. The summed E-state index contributed by atoms with van der Waals surface area (Å²) in [6, 6.07) is 10.1. The van der Waals surface area contributed by atoms with Gasteiger partial charge in [0.25, 0.3) is 0 Å². The van der Waals surface area contributed by atoms with Crippen LogP contribution in [0.2, 0.25) is 0 Å². The topological polar surface area (TPSA) is 29.9 Å². The summed E-state index contributed by atoms with van der Waals surface area (Å²) in [5.74, 6) is -0.131. The predicted molar refractivity (Wildman–Crippen MR) is 79.1 cm³/mol. The second-order valence-corrected chi connectivity index (χ2v) is 5.01. The third-order valence-electron chi connectivity index (χ3n) is 3.57. The maximum Gasteiger partial charge on any atom is 0.146 e. The van der Waals surface area contributed by atoms with E-state index in [2.05, 4.69) is 10.3 Å². The highest BCUT2D eigenvalue weighted by molar-refractivity contribution is 5.75. The lowest BCUT2D eigenvalue weighted by Crippen LogP contribution is -2.07. The molecule has 3 aromatic rings. The van der Waals surface area contributed by atoms with Gasteiger partial charge in [-0.1, -0.05) is 12.1 Å². The summed E-state index contributed by atoms with van der Waals surface area (Å²) in [5.41, 5.74) is 2.32. The van der Waals surface area contributed by atoms with E-state index in [1.807, 2.05) is 35.9 Å². The molecule has 0 aliphatic carbocycles. The zero-order chi connectivity index (χ0) is 15.0. The number of nitrogens with zero attached hydrogens (tertiary/aromatic N) is 2. The van der Waals surface area contributed by atoms with Crippen LogP contribution in [0.3, 0.4) is 0 Å². The second-order valence-electron chi connectivity index (χ2n) is 5.01. The Balaban J connectivity index is 1.87. The molecular weight excluding hydrogens is 272 g/mol. The number of fused-ring (bicyclic) bond motifs is 1. The van der Waals surface area contributed by atoms with Crippen molar-refractivity contribution in [1.29, 1.82) is 0 Å². The number of rotatable bonds is 3. The Morgan fingerprint density at radius 3 is 2.67 bits per heavy atom. The van der Waals surface area contributed by atoms with Gasteiger partial charge >= 0.3 is 0 Å². The number of hydrogen-bond donors (Lipinski definition) is 1. The highest BCUT2D eigenvalue weighted by Crippen LogP contribution is 2.20. The van der Waals surface area contributed by atoms with Gasteiger partial charge in [0.1, 0.15) is 17.5 Å². The molecule has 0 amide bonds. The van der Waals surface area contributed by atoms with Crippen molar-refractivity contribution in [3.8, 4) is 0 Å². The molecule has 0 fully saturated rings. The summed E-state index contributed by atoms with van der Waals surface area (Å²) in [5, 5.41) is 2.90. The third kappa shape index (κ3) is 2.46. The maximum atomic E-state index is 13.8. The van der Waals surface area contributed by atoms with Crippen molar-refractivity contribution in [3.05, 3.63) is 59.4 Å². The SMILES string of the molecule is Cc1cc(F)c(NCc2nc3ccccc3n2C)cc1F. The molecule has 108 valence electrons. The Morgan fingerprint density at radius 1 is 1.14 bits per heavy atom. The van der Waals surface area contributed by atoms with Crippen molar-refractivity contribution in [2.45, 2.75) is 13.5 Å². The molecule has 0 bridgehead atoms. The molecule has 21 heavy (non-hydrogen) atoms. The van der Waals surface area contributed by atoms with E-state index in [0.29, 0.717) is 12.1 Å². The van der Waals surface area contributed by atoms with Gasteiger partial charge in [0.15, 0.2) is 0 Å². The standard InChI is InChI=1S/C16H15F2N3/c1-10-7-12(18)14(8-11(10)17)19-9-16-20-13-5-3-4-6-15(13)21(16)2/h3-8,19H,9H2,1-2H3. The van der Waals surface area contributed by atoms with E-state index in [1.54, 1.807) is 0 Å². The van der Waals surface area contributed by atoms with Gasteiger partial charge in [-0.2, -0.15) is 0 Å². The summed E-state index contributed by atoms with van der Waals surface area (Å²) < 4.78 is 29.2. The zero-order valence-electron chi connectivity index (χ0n) is 11.8. The second kappa shape index (κ2) is 5.16. The quantitative estimate of drug-likeness (QED) is 0.794. The molecule has 1 N–H and O–H groups in total. The van der Waals surface area contributed by atoms with Crippen LogP contribution in [0.1, 0.15) is 11.4 Å². The Kier molecular flexibility index (Phi) is 3.33. The van der Waals surface area contributed by atoms with Crippen molar-refractivity contribution >= 4 is 16.7 Å². The van der Waals surface area contributed by atoms with Gasteiger partial charge in [-0.25, -0.2) is 13.8 Å². The van der Waals surface area contributed by atoms with E-state index < -0.39 is 11.6 Å². The maximum absolute atomic E-state index is 13.8. The van der Waals surface area contributed by atoms with Crippen LogP contribution >= 0.6 is 0 Å². The van der Waals surface area contributed by atoms with Crippen LogP contribution in [0.5, 0.6) is 0 Å². The minimum Gasteiger partial charge on any atom is -0.375 e. The lowest BCUT2D eigenvalue weighted by molar-refractivity contribution is 0.594. The van der Waals surface area contributed by atoms with Crippen molar-refractivity contribution in [1.82, 2.24) is 9.55 Å². The predicted octanol–water partition coefficient (Wildman–Crippen LogP) is 3.77. The molecule has 0 saturated carbocycles. The van der Waals surface area contributed by atoms with Crippen molar-refractivity contribution in [2.24, 2.45) is 7.05 Å². The van der Waals surface area contributed by atoms with Gasteiger partial charge in [-0.15, -0.1) is 0 Å². The summed E-state index contributed by atoms with van der Waals surface area (Å²) in [6.45, 7) is 1.86. The van der Waals surface area contributed by atoms with Gasteiger partial charge in [0, 0.05) is 13.1 Å². The summed E-state index contributed by atoms with van der Waals surface area (Å²) in [6.07, 6.45) is 0. The molecule has 0 unspecified atom stereocenters. The van der Waals surface area contributed by atoms with E-state index in [0.717, 1.165) is 16.9 Å². The van der Waals surface area contributed by atoms with Crippen LogP contribution in [0, 0.1) is 18.6 Å². The van der Waals surface area contributed by atoms with E-state index in [4.69, 9.17) is 0 Å². The molecular formula is C16H15F2N3. The minimum absolute atomic E-state index is 0.144. The Hall–Kier alpha value is -2.43. The van der Waals surface area contributed by atoms with Gasteiger partial charge in [-0.3, -0.25) is 0 Å². The van der Waals surface area contributed by atoms with Gasteiger partial charge in [-0.05, 0) is 30.7 Å².